The molecular weight excluding hydrogens is 206 g/mol. The highest BCUT2D eigenvalue weighted by molar-refractivity contribution is 5.93. The van der Waals surface area contributed by atoms with Gasteiger partial charge in [0.25, 0.3) is 0 Å². The fourth-order valence-electron chi connectivity index (χ4n) is 1.55. The van der Waals surface area contributed by atoms with E-state index in [1.54, 1.807) is 19.4 Å². The first-order valence-electron chi connectivity index (χ1n) is 4.77. The number of benzene rings is 1. The molecule has 0 atom stereocenters. The van der Waals surface area contributed by atoms with Crippen molar-refractivity contribution in [1.82, 2.24) is 4.98 Å². The van der Waals surface area contributed by atoms with Gasteiger partial charge in [0.05, 0.1) is 7.11 Å². The van der Waals surface area contributed by atoms with Crippen molar-refractivity contribution in [3.8, 4) is 5.75 Å². The molecule has 0 saturated heterocycles. The fourth-order valence-corrected chi connectivity index (χ4v) is 1.55. The first kappa shape index (κ1) is 10.3. The second-order valence-corrected chi connectivity index (χ2v) is 3.33. The number of carboxylic acids is 1. The monoisotopic (exact) mass is 217 g/mol. The lowest BCUT2D eigenvalue weighted by atomic mass is 10.1. The van der Waals surface area contributed by atoms with Crippen molar-refractivity contribution < 1.29 is 14.6 Å². The van der Waals surface area contributed by atoms with E-state index in [-0.39, 0.29) is 0 Å². The smallest absolute Gasteiger partial charge is 0.328 e. The highest BCUT2D eigenvalue weighted by Crippen LogP contribution is 2.23. The number of ether oxygens (including phenoxy) is 1. The summed E-state index contributed by atoms with van der Waals surface area (Å²) in [6.45, 7) is 0. The highest BCUT2D eigenvalue weighted by atomic mass is 16.5. The molecule has 2 aromatic rings. The minimum absolute atomic E-state index is 0.767. The number of methoxy groups -OCH3 is 1. The first-order valence-corrected chi connectivity index (χ1v) is 4.77. The van der Waals surface area contributed by atoms with Crippen molar-refractivity contribution in [1.29, 1.82) is 0 Å². The summed E-state index contributed by atoms with van der Waals surface area (Å²) in [6, 6.07) is 5.61. The van der Waals surface area contributed by atoms with Gasteiger partial charge in [-0.1, -0.05) is 0 Å². The third-order valence-corrected chi connectivity index (χ3v) is 2.33. The Hall–Kier alpha value is -2.23. The Balaban J connectivity index is 2.45. The van der Waals surface area contributed by atoms with Gasteiger partial charge in [-0.05, 0) is 18.2 Å². The second-order valence-electron chi connectivity index (χ2n) is 3.33. The number of aromatic amines is 1. The second kappa shape index (κ2) is 4.10. The number of nitrogens with one attached hydrogen (secondary N) is 1. The van der Waals surface area contributed by atoms with Gasteiger partial charge in [0.2, 0.25) is 0 Å². The maximum atomic E-state index is 10.4. The van der Waals surface area contributed by atoms with Crippen LogP contribution in [0.1, 0.15) is 5.56 Å². The molecule has 0 unspecified atom stereocenters. The lowest BCUT2D eigenvalue weighted by molar-refractivity contribution is -0.131. The molecule has 0 radical (unpaired) electrons. The Morgan fingerprint density at radius 2 is 2.31 bits per heavy atom. The van der Waals surface area contributed by atoms with E-state index in [4.69, 9.17) is 9.84 Å². The number of fused-ring (bicyclic) bond motifs is 1. The summed E-state index contributed by atoms with van der Waals surface area (Å²) in [5.74, 6) is -0.189. The quantitative estimate of drug-likeness (QED) is 0.775. The van der Waals surface area contributed by atoms with Crippen LogP contribution >= 0.6 is 0 Å². The maximum absolute atomic E-state index is 10.4. The largest absolute Gasteiger partial charge is 0.497 e. The minimum atomic E-state index is -0.956. The van der Waals surface area contributed by atoms with Crippen molar-refractivity contribution >= 4 is 22.9 Å². The molecule has 0 spiro atoms. The van der Waals surface area contributed by atoms with Crippen LogP contribution in [0.2, 0.25) is 0 Å². The van der Waals surface area contributed by atoms with E-state index in [1.807, 2.05) is 18.2 Å². The van der Waals surface area contributed by atoms with Crippen molar-refractivity contribution in [2.24, 2.45) is 0 Å². The lowest BCUT2D eigenvalue weighted by Crippen LogP contribution is -1.85. The van der Waals surface area contributed by atoms with Gasteiger partial charge in [-0.25, -0.2) is 4.79 Å². The van der Waals surface area contributed by atoms with Crippen LogP contribution in [0.15, 0.2) is 30.5 Å². The molecule has 0 amide bonds. The van der Waals surface area contributed by atoms with Crippen LogP contribution in [-0.2, 0) is 4.79 Å². The van der Waals surface area contributed by atoms with E-state index < -0.39 is 5.97 Å². The number of hydrogen-bond acceptors (Lipinski definition) is 2. The first-order chi connectivity index (χ1) is 7.70. The van der Waals surface area contributed by atoms with Gasteiger partial charge in [-0.15, -0.1) is 0 Å². The van der Waals surface area contributed by atoms with Crippen LogP contribution in [0.3, 0.4) is 0 Å². The van der Waals surface area contributed by atoms with E-state index in [1.165, 1.54) is 0 Å². The number of carbonyl (C=O) groups is 1. The molecule has 0 saturated carbocycles. The number of aromatic nitrogens is 1. The lowest BCUT2D eigenvalue weighted by Gasteiger charge is -1.98. The van der Waals surface area contributed by atoms with Crippen LogP contribution in [0.4, 0.5) is 0 Å². The molecule has 16 heavy (non-hydrogen) atoms. The maximum Gasteiger partial charge on any atom is 0.328 e. The van der Waals surface area contributed by atoms with Gasteiger partial charge in [0, 0.05) is 34.8 Å². The Morgan fingerprint density at radius 3 is 3.00 bits per heavy atom. The summed E-state index contributed by atoms with van der Waals surface area (Å²) in [4.78, 5) is 13.5. The van der Waals surface area contributed by atoms with Gasteiger partial charge in [-0.2, -0.15) is 0 Å². The van der Waals surface area contributed by atoms with Gasteiger partial charge < -0.3 is 14.8 Å². The topological polar surface area (TPSA) is 62.3 Å². The number of rotatable bonds is 3. The molecule has 2 N–H and O–H groups in total. The number of H-pyrrole nitrogens is 1. The standard InChI is InChI=1S/C12H11NO3/c1-16-9-3-4-10-8(2-5-12(14)15)7-13-11(10)6-9/h2-7,13H,1H3,(H,14,15)/b5-2+. The zero-order valence-electron chi connectivity index (χ0n) is 8.73. The SMILES string of the molecule is COc1ccc2c(/C=C/C(=O)O)c[nH]c2c1. The summed E-state index contributed by atoms with van der Waals surface area (Å²) in [5, 5.41) is 9.52. The highest BCUT2D eigenvalue weighted by Gasteiger charge is 2.02. The molecule has 1 heterocycles. The molecule has 0 bridgehead atoms. The van der Waals surface area contributed by atoms with Crippen LogP contribution in [0, 0.1) is 0 Å². The minimum Gasteiger partial charge on any atom is -0.497 e. The molecule has 0 fully saturated rings. The van der Waals surface area contributed by atoms with Gasteiger partial charge in [-0.3, -0.25) is 0 Å². The Morgan fingerprint density at radius 1 is 1.50 bits per heavy atom. The summed E-state index contributed by atoms with van der Waals surface area (Å²) >= 11 is 0. The molecule has 82 valence electrons. The third kappa shape index (κ3) is 1.91. The average Bonchev–Trinajstić information content (AvgIpc) is 2.68. The van der Waals surface area contributed by atoms with Gasteiger partial charge >= 0.3 is 5.97 Å². The van der Waals surface area contributed by atoms with Crippen molar-refractivity contribution in [3.05, 3.63) is 36.0 Å². The molecule has 4 heteroatoms. The molecule has 0 aliphatic heterocycles. The number of hydrogen-bond donors (Lipinski definition) is 2. The zero-order valence-corrected chi connectivity index (χ0v) is 8.73. The van der Waals surface area contributed by atoms with E-state index >= 15 is 0 Å². The van der Waals surface area contributed by atoms with Crippen molar-refractivity contribution in [2.45, 2.75) is 0 Å². The average molecular weight is 217 g/mol. The molecule has 2 rings (SSSR count). The molecule has 0 aliphatic carbocycles. The van der Waals surface area contributed by atoms with Crippen LogP contribution in [0.5, 0.6) is 5.75 Å². The van der Waals surface area contributed by atoms with Crippen molar-refractivity contribution in [2.75, 3.05) is 7.11 Å². The fraction of sp³-hybridized carbons (Fsp3) is 0.0833. The third-order valence-electron chi connectivity index (χ3n) is 2.33. The summed E-state index contributed by atoms with van der Waals surface area (Å²) in [7, 11) is 1.61. The molecule has 4 nitrogen and oxygen atoms in total. The van der Waals surface area contributed by atoms with E-state index in [2.05, 4.69) is 4.98 Å². The van der Waals surface area contributed by atoms with Crippen LogP contribution < -0.4 is 4.74 Å². The molecule has 0 aliphatic rings. The van der Waals surface area contributed by atoms with Gasteiger partial charge in [0.15, 0.2) is 0 Å². The Labute approximate surface area is 92.2 Å². The van der Waals surface area contributed by atoms with Crippen LogP contribution in [-0.4, -0.2) is 23.2 Å². The number of carboxylic acid groups (broad SMARTS) is 1. The number of aliphatic carboxylic acids is 1. The van der Waals surface area contributed by atoms with Crippen molar-refractivity contribution in [3.63, 3.8) is 0 Å². The Bertz CT molecular complexity index is 554. The zero-order chi connectivity index (χ0) is 11.5. The van der Waals surface area contributed by atoms with Gasteiger partial charge in [0.1, 0.15) is 5.75 Å². The predicted octanol–water partition coefficient (Wildman–Crippen LogP) is 2.27. The van der Waals surface area contributed by atoms with E-state index in [0.717, 1.165) is 28.3 Å². The summed E-state index contributed by atoms with van der Waals surface area (Å²) < 4.78 is 5.10. The predicted molar refractivity (Wildman–Crippen MR) is 61.5 cm³/mol. The molecule has 1 aromatic carbocycles. The van der Waals surface area contributed by atoms with Crippen LogP contribution in [0.25, 0.3) is 17.0 Å². The molecule has 1 aromatic heterocycles. The normalized spacial score (nSPS) is 11.1. The summed E-state index contributed by atoms with van der Waals surface area (Å²) in [5.41, 5.74) is 1.77. The van der Waals surface area contributed by atoms with E-state index in [0.29, 0.717) is 0 Å². The summed E-state index contributed by atoms with van der Waals surface area (Å²) in [6.07, 6.45) is 4.45. The Kier molecular flexibility index (Phi) is 2.64. The van der Waals surface area contributed by atoms with E-state index in [9.17, 15) is 4.79 Å². The molecular formula is C12H11NO3.